The van der Waals surface area contributed by atoms with Crippen molar-refractivity contribution < 1.29 is 13.9 Å². The van der Waals surface area contributed by atoms with Crippen molar-refractivity contribution in [3.63, 3.8) is 0 Å². The van der Waals surface area contributed by atoms with Crippen LogP contribution in [0.15, 0.2) is 34.9 Å². The monoisotopic (exact) mass is 267 g/mol. The molecule has 0 unspecified atom stereocenters. The van der Waals surface area contributed by atoms with Gasteiger partial charge in [0, 0.05) is 17.9 Å². The highest BCUT2D eigenvalue weighted by Crippen LogP contribution is 2.21. The molecule has 0 aliphatic rings. The van der Waals surface area contributed by atoms with Crippen LogP contribution in [-0.2, 0) is 5.75 Å². The number of aliphatic hydroxyl groups excluding tert-OH is 1. The number of oxazole rings is 1. The van der Waals surface area contributed by atoms with Crippen LogP contribution in [0.4, 0.5) is 4.39 Å². The fourth-order valence-corrected chi connectivity index (χ4v) is 2.29. The first kappa shape index (κ1) is 13.1. The van der Waals surface area contributed by atoms with Gasteiger partial charge in [0.2, 0.25) is 5.89 Å². The molecule has 3 nitrogen and oxygen atoms in total. The average molecular weight is 267 g/mol. The zero-order chi connectivity index (χ0) is 12.8. The molecule has 0 aliphatic carbocycles. The predicted molar refractivity (Wildman–Crippen MR) is 69.8 cm³/mol. The molecule has 1 aromatic carbocycles. The molecule has 0 saturated carbocycles. The van der Waals surface area contributed by atoms with Crippen molar-refractivity contribution in [2.24, 2.45) is 0 Å². The minimum Gasteiger partial charge on any atom is -0.444 e. The second-order valence-electron chi connectivity index (χ2n) is 3.78. The molecule has 1 N–H and O–H groups in total. The number of rotatable bonds is 6. The van der Waals surface area contributed by atoms with Crippen LogP contribution in [0.5, 0.6) is 0 Å². The summed E-state index contributed by atoms with van der Waals surface area (Å²) in [5.74, 6) is 1.76. The largest absolute Gasteiger partial charge is 0.444 e. The molecule has 0 amide bonds. The third-order valence-corrected chi connectivity index (χ3v) is 3.40. The number of aromatic nitrogens is 1. The van der Waals surface area contributed by atoms with E-state index in [-0.39, 0.29) is 12.4 Å². The van der Waals surface area contributed by atoms with E-state index in [0.717, 1.165) is 23.6 Å². The zero-order valence-electron chi connectivity index (χ0n) is 9.80. The summed E-state index contributed by atoms with van der Waals surface area (Å²) in [5.41, 5.74) is 1.47. The average Bonchev–Trinajstić information content (AvgIpc) is 2.83. The maximum atomic E-state index is 13.0. The third kappa shape index (κ3) is 3.58. The van der Waals surface area contributed by atoms with E-state index in [9.17, 15) is 4.39 Å². The maximum absolute atomic E-state index is 13.0. The molecule has 0 atom stereocenters. The summed E-state index contributed by atoms with van der Waals surface area (Å²) in [6, 6.07) is 6.18. The Hall–Kier alpha value is -1.33. The summed E-state index contributed by atoms with van der Waals surface area (Å²) >= 11 is 1.69. The van der Waals surface area contributed by atoms with E-state index in [1.807, 2.05) is 0 Å². The Morgan fingerprint density at radius 3 is 3.06 bits per heavy atom. The highest BCUT2D eigenvalue weighted by Gasteiger charge is 2.07. The fourth-order valence-electron chi connectivity index (χ4n) is 1.47. The summed E-state index contributed by atoms with van der Waals surface area (Å²) in [6.45, 7) is 0.209. The zero-order valence-corrected chi connectivity index (χ0v) is 10.6. The molecular formula is C13H14FNO2S. The molecule has 1 aromatic heterocycles. The van der Waals surface area contributed by atoms with Crippen LogP contribution in [0, 0.1) is 5.82 Å². The lowest BCUT2D eigenvalue weighted by atomic mass is 10.2. The van der Waals surface area contributed by atoms with Crippen LogP contribution >= 0.6 is 11.8 Å². The molecule has 5 heteroatoms. The molecule has 0 radical (unpaired) electrons. The molecule has 2 rings (SSSR count). The van der Waals surface area contributed by atoms with Gasteiger partial charge in [-0.15, -0.1) is 0 Å². The van der Waals surface area contributed by atoms with Gasteiger partial charge in [-0.3, -0.25) is 0 Å². The Bertz CT molecular complexity index is 501. The van der Waals surface area contributed by atoms with Crippen molar-refractivity contribution >= 4 is 11.8 Å². The standard InChI is InChI=1S/C13H14FNO2S/c14-11-4-1-3-10(7-11)13-15-12(8-17-13)9-18-6-2-5-16/h1,3-4,7-8,16H,2,5-6,9H2. The number of hydrogen-bond acceptors (Lipinski definition) is 4. The van der Waals surface area contributed by atoms with Gasteiger partial charge in [-0.1, -0.05) is 6.07 Å². The Labute approximate surface area is 109 Å². The minimum absolute atomic E-state index is 0.209. The summed E-state index contributed by atoms with van der Waals surface area (Å²) in [7, 11) is 0. The van der Waals surface area contributed by atoms with Gasteiger partial charge < -0.3 is 9.52 Å². The van der Waals surface area contributed by atoms with Crippen molar-refractivity contribution in [3.8, 4) is 11.5 Å². The van der Waals surface area contributed by atoms with Gasteiger partial charge in [-0.25, -0.2) is 9.37 Å². The lowest BCUT2D eigenvalue weighted by molar-refractivity contribution is 0.296. The topological polar surface area (TPSA) is 46.3 Å². The smallest absolute Gasteiger partial charge is 0.226 e. The molecule has 0 spiro atoms. The van der Waals surface area contributed by atoms with E-state index in [4.69, 9.17) is 9.52 Å². The SMILES string of the molecule is OCCCSCc1coc(-c2cccc(F)c2)n1. The van der Waals surface area contributed by atoms with Gasteiger partial charge >= 0.3 is 0 Å². The van der Waals surface area contributed by atoms with Gasteiger partial charge in [-0.05, 0) is 30.4 Å². The van der Waals surface area contributed by atoms with Gasteiger partial charge in [0.1, 0.15) is 12.1 Å². The fraction of sp³-hybridized carbons (Fsp3) is 0.308. The minimum atomic E-state index is -0.301. The van der Waals surface area contributed by atoms with E-state index in [1.54, 1.807) is 30.2 Å². The summed E-state index contributed by atoms with van der Waals surface area (Å²) in [6.07, 6.45) is 2.37. The quantitative estimate of drug-likeness (QED) is 0.817. The van der Waals surface area contributed by atoms with E-state index < -0.39 is 0 Å². The maximum Gasteiger partial charge on any atom is 0.226 e. The first-order valence-corrected chi connectivity index (χ1v) is 6.84. The summed E-state index contributed by atoms with van der Waals surface area (Å²) < 4.78 is 18.4. The van der Waals surface area contributed by atoms with Crippen LogP contribution in [0.25, 0.3) is 11.5 Å². The van der Waals surface area contributed by atoms with Crippen LogP contribution in [0.3, 0.4) is 0 Å². The second kappa shape index (κ2) is 6.56. The molecular weight excluding hydrogens is 253 g/mol. The van der Waals surface area contributed by atoms with Crippen LogP contribution in [-0.4, -0.2) is 22.5 Å². The highest BCUT2D eigenvalue weighted by atomic mass is 32.2. The molecule has 0 bridgehead atoms. The Morgan fingerprint density at radius 1 is 1.39 bits per heavy atom. The number of hydrogen-bond donors (Lipinski definition) is 1. The van der Waals surface area contributed by atoms with Crippen LogP contribution in [0.2, 0.25) is 0 Å². The molecule has 18 heavy (non-hydrogen) atoms. The molecule has 96 valence electrons. The summed E-state index contributed by atoms with van der Waals surface area (Å²) in [4.78, 5) is 4.30. The number of halogens is 1. The lowest BCUT2D eigenvalue weighted by Gasteiger charge is -1.96. The third-order valence-electron chi connectivity index (χ3n) is 2.32. The lowest BCUT2D eigenvalue weighted by Crippen LogP contribution is -1.88. The van der Waals surface area contributed by atoms with Crippen molar-refractivity contribution in [3.05, 3.63) is 42.0 Å². The molecule has 0 saturated heterocycles. The highest BCUT2D eigenvalue weighted by molar-refractivity contribution is 7.98. The Morgan fingerprint density at radius 2 is 2.28 bits per heavy atom. The van der Waals surface area contributed by atoms with E-state index >= 15 is 0 Å². The van der Waals surface area contributed by atoms with Crippen molar-refractivity contribution in [2.45, 2.75) is 12.2 Å². The van der Waals surface area contributed by atoms with E-state index in [1.165, 1.54) is 12.1 Å². The number of benzene rings is 1. The van der Waals surface area contributed by atoms with E-state index in [2.05, 4.69) is 4.98 Å². The molecule has 1 heterocycles. The summed E-state index contributed by atoms with van der Waals surface area (Å²) in [5, 5.41) is 8.66. The van der Waals surface area contributed by atoms with Gasteiger partial charge in [-0.2, -0.15) is 11.8 Å². The van der Waals surface area contributed by atoms with Crippen LogP contribution in [0.1, 0.15) is 12.1 Å². The predicted octanol–water partition coefficient (Wildman–Crippen LogP) is 3.10. The Balaban J connectivity index is 1.97. The molecule has 2 aromatic rings. The first-order valence-electron chi connectivity index (χ1n) is 5.68. The van der Waals surface area contributed by atoms with E-state index in [0.29, 0.717) is 11.5 Å². The first-order chi connectivity index (χ1) is 8.79. The van der Waals surface area contributed by atoms with Crippen molar-refractivity contribution in [2.75, 3.05) is 12.4 Å². The van der Waals surface area contributed by atoms with Gasteiger partial charge in [0.15, 0.2) is 0 Å². The van der Waals surface area contributed by atoms with Crippen molar-refractivity contribution in [1.82, 2.24) is 4.98 Å². The molecule has 0 fully saturated rings. The second-order valence-corrected chi connectivity index (χ2v) is 4.89. The number of nitrogens with zero attached hydrogens (tertiary/aromatic N) is 1. The normalized spacial score (nSPS) is 10.8. The van der Waals surface area contributed by atoms with Crippen LogP contribution < -0.4 is 0 Å². The Kier molecular flexibility index (Phi) is 4.78. The molecule has 0 aliphatic heterocycles. The van der Waals surface area contributed by atoms with Crippen molar-refractivity contribution in [1.29, 1.82) is 0 Å². The van der Waals surface area contributed by atoms with Gasteiger partial charge in [0.25, 0.3) is 0 Å². The number of aliphatic hydroxyl groups is 1. The number of thioether (sulfide) groups is 1. The van der Waals surface area contributed by atoms with Gasteiger partial charge in [0.05, 0.1) is 5.69 Å².